The standard InChI is InChI=1S/C13H17FN2O/c1-9-6-7-16(12(9)8-15)13(17)10-2-4-11(14)5-3-10/h2-5,9,12H,6-8,15H2,1H3. The van der Waals surface area contributed by atoms with Gasteiger partial charge in [0.25, 0.3) is 5.91 Å². The summed E-state index contributed by atoms with van der Waals surface area (Å²) in [7, 11) is 0. The molecule has 1 aliphatic heterocycles. The molecule has 0 bridgehead atoms. The Morgan fingerprint density at radius 3 is 2.71 bits per heavy atom. The minimum Gasteiger partial charge on any atom is -0.334 e. The fourth-order valence-corrected chi connectivity index (χ4v) is 2.38. The summed E-state index contributed by atoms with van der Waals surface area (Å²) in [6.45, 7) is 3.32. The summed E-state index contributed by atoms with van der Waals surface area (Å²) < 4.78 is 12.8. The first-order valence-corrected chi connectivity index (χ1v) is 5.90. The van der Waals surface area contributed by atoms with E-state index in [0.717, 1.165) is 13.0 Å². The second-order valence-corrected chi connectivity index (χ2v) is 4.57. The average Bonchev–Trinajstić information content (AvgIpc) is 2.70. The lowest BCUT2D eigenvalue weighted by Crippen LogP contribution is -2.42. The van der Waals surface area contributed by atoms with E-state index in [1.54, 1.807) is 4.90 Å². The minimum atomic E-state index is -0.327. The molecule has 0 saturated carbocycles. The van der Waals surface area contributed by atoms with Gasteiger partial charge in [0.15, 0.2) is 0 Å². The summed E-state index contributed by atoms with van der Waals surface area (Å²) in [5.74, 6) is 0.0564. The summed E-state index contributed by atoms with van der Waals surface area (Å²) in [6, 6.07) is 5.77. The van der Waals surface area contributed by atoms with Crippen molar-refractivity contribution in [2.75, 3.05) is 13.1 Å². The Labute approximate surface area is 100 Å². The molecule has 92 valence electrons. The van der Waals surface area contributed by atoms with Crippen LogP contribution >= 0.6 is 0 Å². The predicted molar refractivity (Wildman–Crippen MR) is 64.1 cm³/mol. The Hall–Kier alpha value is -1.42. The molecule has 4 heteroatoms. The van der Waals surface area contributed by atoms with Crippen molar-refractivity contribution in [1.29, 1.82) is 0 Å². The molecule has 1 aromatic carbocycles. The van der Waals surface area contributed by atoms with Crippen LogP contribution in [-0.2, 0) is 0 Å². The van der Waals surface area contributed by atoms with Gasteiger partial charge in [0.2, 0.25) is 0 Å². The Morgan fingerprint density at radius 1 is 1.47 bits per heavy atom. The maximum Gasteiger partial charge on any atom is 0.254 e. The number of hydrogen-bond acceptors (Lipinski definition) is 2. The normalized spacial score (nSPS) is 24.1. The molecule has 2 unspecified atom stereocenters. The van der Waals surface area contributed by atoms with E-state index < -0.39 is 0 Å². The summed E-state index contributed by atoms with van der Waals surface area (Å²) in [5.41, 5.74) is 6.23. The Balaban J connectivity index is 2.17. The van der Waals surface area contributed by atoms with Gasteiger partial charge in [-0.05, 0) is 36.6 Å². The Morgan fingerprint density at radius 2 is 2.12 bits per heavy atom. The van der Waals surface area contributed by atoms with Crippen molar-refractivity contribution in [2.45, 2.75) is 19.4 Å². The molecular formula is C13H17FN2O. The second-order valence-electron chi connectivity index (χ2n) is 4.57. The average molecular weight is 236 g/mol. The van der Waals surface area contributed by atoms with E-state index in [2.05, 4.69) is 6.92 Å². The van der Waals surface area contributed by atoms with E-state index in [9.17, 15) is 9.18 Å². The molecule has 1 aromatic rings. The third-order valence-corrected chi connectivity index (χ3v) is 3.48. The SMILES string of the molecule is CC1CCN(C(=O)c2ccc(F)cc2)C1CN. The summed E-state index contributed by atoms with van der Waals surface area (Å²) >= 11 is 0. The maximum atomic E-state index is 12.8. The van der Waals surface area contributed by atoms with Gasteiger partial charge in [-0.1, -0.05) is 6.92 Å². The first-order chi connectivity index (χ1) is 8.13. The molecule has 1 fully saturated rings. The van der Waals surface area contributed by atoms with Crippen molar-refractivity contribution >= 4 is 5.91 Å². The van der Waals surface area contributed by atoms with Crippen LogP contribution in [0.1, 0.15) is 23.7 Å². The van der Waals surface area contributed by atoms with Crippen molar-refractivity contribution in [2.24, 2.45) is 11.7 Å². The van der Waals surface area contributed by atoms with Crippen molar-refractivity contribution in [3.05, 3.63) is 35.6 Å². The second kappa shape index (κ2) is 4.84. The van der Waals surface area contributed by atoms with E-state index in [4.69, 9.17) is 5.73 Å². The lowest BCUT2D eigenvalue weighted by atomic mass is 10.0. The van der Waals surface area contributed by atoms with Crippen molar-refractivity contribution in [3.8, 4) is 0 Å². The molecule has 1 aliphatic rings. The van der Waals surface area contributed by atoms with Crippen LogP contribution < -0.4 is 5.73 Å². The molecule has 3 nitrogen and oxygen atoms in total. The van der Waals surface area contributed by atoms with Gasteiger partial charge in [-0.25, -0.2) is 4.39 Å². The number of likely N-dealkylation sites (tertiary alicyclic amines) is 1. The Bertz CT molecular complexity index is 404. The van der Waals surface area contributed by atoms with Crippen molar-refractivity contribution < 1.29 is 9.18 Å². The van der Waals surface area contributed by atoms with E-state index in [-0.39, 0.29) is 17.8 Å². The van der Waals surface area contributed by atoms with Crippen LogP contribution in [0.15, 0.2) is 24.3 Å². The van der Waals surface area contributed by atoms with E-state index in [0.29, 0.717) is 18.0 Å². The molecule has 2 N–H and O–H groups in total. The van der Waals surface area contributed by atoms with E-state index in [1.807, 2.05) is 0 Å². The number of benzene rings is 1. The predicted octanol–water partition coefficient (Wildman–Crippen LogP) is 1.64. The number of hydrogen-bond donors (Lipinski definition) is 1. The summed E-state index contributed by atoms with van der Waals surface area (Å²) in [4.78, 5) is 14.0. The number of nitrogens with zero attached hydrogens (tertiary/aromatic N) is 1. The van der Waals surface area contributed by atoms with Crippen LogP contribution in [0.4, 0.5) is 4.39 Å². The zero-order chi connectivity index (χ0) is 12.4. The topological polar surface area (TPSA) is 46.3 Å². The van der Waals surface area contributed by atoms with Gasteiger partial charge >= 0.3 is 0 Å². The molecular weight excluding hydrogens is 219 g/mol. The quantitative estimate of drug-likeness (QED) is 0.848. The van der Waals surface area contributed by atoms with Crippen LogP contribution in [-0.4, -0.2) is 29.9 Å². The zero-order valence-corrected chi connectivity index (χ0v) is 9.90. The van der Waals surface area contributed by atoms with Crippen LogP contribution in [0.2, 0.25) is 0 Å². The van der Waals surface area contributed by atoms with Crippen molar-refractivity contribution in [3.63, 3.8) is 0 Å². The number of rotatable bonds is 2. The first kappa shape index (κ1) is 12.0. The molecule has 0 aromatic heterocycles. The molecule has 0 radical (unpaired) electrons. The highest BCUT2D eigenvalue weighted by Gasteiger charge is 2.33. The van der Waals surface area contributed by atoms with Crippen LogP contribution in [0.5, 0.6) is 0 Å². The van der Waals surface area contributed by atoms with Gasteiger partial charge in [0, 0.05) is 24.7 Å². The fourth-order valence-electron chi connectivity index (χ4n) is 2.38. The first-order valence-electron chi connectivity index (χ1n) is 5.90. The minimum absolute atomic E-state index is 0.0511. The molecule has 0 aliphatic carbocycles. The Kier molecular flexibility index (Phi) is 3.43. The highest BCUT2D eigenvalue weighted by atomic mass is 19.1. The number of nitrogens with two attached hydrogens (primary N) is 1. The molecule has 1 heterocycles. The van der Waals surface area contributed by atoms with Gasteiger partial charge in [-0.15, -0.1) is 0 Å². The molecule has 2 rings (SSSR count). The van der Waals surface area contributed by atoms with Gasteiger partial charge in [0.05, 0.1) is 0 Å². The van der Waals surface area contributed by atoms with E-state index >= 15 is 0 Å². The summed E-state index contributed by atoms with van der Waals surface area (Å²) in [6.07, 6.45) is 0.981. The summed E-state index contributed by atoms with van der Waals surface area (Å²) in [5, 5.41) is 0. The third kappa shape index (κ3) is 2.31. The lowest BCUT2D eigenvalue weighted by molar-refractivity contribution is 0.0727. The number of amides is 1. The third-order valence-electron chi connectivity index (χ3n) is 3.48. The van der Waals surface area contributed by atoms with E-state index in [1.165, 1.54) is 24.3 Å². The van der Waals surface area contributed by atoms with Gasteiger partial charge in [-0.3, -0.25) is 4.79 Å². The van der Waals surface area contributed by atoms with Crippen molar-refractivity contribution in [1.82, 2.24) is 4.90 Å². The monoisotopic (exact) mass is 236 g/mol. The smallest absolute Gasteiger partial charge is 0.254 e. The molecule has 1 amide bonds. The van der Waals surface area contributed by atoms with Crippen LogP contribution in [0.3, 0.4) is 0 Å². The number of carbonyl (C=O) groups is 1. The molecule has 17 heavy (non-hydrogen) atoms. The van der Waals surface area contributed by atoms with Crippen LogP contribution in [0, 0.1) is 11.7 Å². The lowest BCUT2D eigenvalue weighted by Gasteiger charge is -2.25. The largest absolute Gasteiger partial charge is 0.334 e. The maximum absolute atomic E-state index is 12.8. The molecule has 2 atom stereocenters. The number of halogens is 1. The zero-order valence-electron chi connectivity index (χ0n) is 9.90. The van der Waals surface area contributed by atoms with Gasteiger partial charge in [0.1, 0.15) is 5.82 Å². The highest BCUT2D eigenvalue weighted by molar-refractivity contribution is 5.94. The molecule has 1 saturated heterocycles. The fraction of sp³-hybridized carbons (Fsp3) is 0.462. The van der Waals surface area contributed by atoms with Gasteiger partial charge < -0.3 is 10.6 Å². The van der Waals surface area contributed by atoms with Crippen LogP contribution in [0.25, 0.3) is 0 Å². The molecule has 0 spiro atoms. The highest BCUT2D eigenvalue weighted by Crippen LogP contribution is 2.24. The number of carbonyl (C=O) groups excluding carboxylic acids is 1. The van der Waals surface area contributed by atoms with Gasteiger partial charge in [-0.2, -0.15) is 0 Å².